The smallest absolute Gasteiger partial charge is 0.246 e. The number of amides is 1. The first-order chi connectivity index (χ1) is 8.52. The molecule has 94 valence electrons. The van der Waals surface area contributed by atoms with E-state index in [0.29, 0.717) is 15.7 Å². The van der Waals surface area contributed by atoms with Crippen LogP contribution in [0.25, 0.3) is 0 Å². The Morgan fingerprint density at radius 1 is 1.33 bits per heavy atom. The minimum atomic E-state index is -0.187. The van der Waals surface area contributed by atoms with Gasteiger partial charge in [-0.25, -0.2) is 0 Å². The molecule has 1 N–H and O–H groups in total. The molecule has 0 radical (unpaired) electrons. The number of rotatable bonds is 3. The van der Waals surface area contributed by atoms with Gasteiger partial charge in [-0.15, -0.1) is 0 Å². The van der Waals surface area contributed by atoms with Gasteiger partial charge in [0.15, 0.2) is 0 Å². The standard InChI is InChI=1S/C11H8Cl2IN3O/c12-7-1-8(13)3-10(2-7)16-11(18)6-17-5-9(14)4-15-17/h1-5H,6H2,(H,16,18). The number of hydrogen-bond acceptors (Lipinski definition) is 2. The van der Waals surface area contributed by atoms with E-state index < -0.39 is 0 Å². The highest BCUT2D eigenvalue weighted by Gasteiger charge is 2.06. The average molecular weight is 396 g/mol. The molecule has 1 aromatic heterocycles. The van der Waals surface area contributed by atoms with Gasteiger partial charge in [0.25, 0.3) is 0 Å². The van der Waals surface area contributed by atoms with Crippen molar-refractivity contribution in [2.75, 3.05) is 5.32 Å². The molecule has 0 saturated heterocycles. The van der Waals surface area contributed by atoms with E-state index in [1.54, 1.807) is 35.3 Å². The van der Waals surface area contributed by atoms with Crippen LogP contribution in [0, 0.1) is 3.57 Å². The first-order valence-corrected chi connectivity index (χ1v) is 6.80. The Morgan fingerprint density at radius 3 is 2.56 bits per heavy atom. The van der Waals surface area contributed by atoms with Crippen LogP contribution in [0.15, 0.2) is 30.6 Å². The molecule has 1 heterocycles. The van der Waals surface area contributed by atoms with Crippen molar-refractivity contribution in [2.45, 2.75) is 6.54 Å². The fourth-order valence-corrected chi connectivity index (χ4v) is 2.37. The van der Waals surface area contributed by atoms with Gasteiger partial charge in [-0.05, 0) is 40.8 Å². The van der Waals surface area contributed by atoms with E-state index in [4.69, 9.17) is 23.2 Å². The molecule has 0 spiro atoms. The Bertz CT molecular complexity index is 565. The number of carbonyl (C=O) groups is 1. The molecule has 2 rings (SSSR count). The number of anilines is 1. The molecule has 4 nitrogen and oxygen atoms in total. The highest BCUT2D eigenvalue weighted by molar-refractivity contribution is 14.1. The summed E-state index contributed by atoms with van der Waals surface area (Å²) in [6.07, 6.45) is 3.47. The van der Waals surface area contributed by atoms with Crippen molar-refractivity contribution in [2.24, 2.45) is 0 Å². The quantitative estimate of drug-likeness (QED) is 0.809. The van der Waals surface area contributed by atoms with Crippen molar-refractivity contribution in [3.8, 4) is 0 Å². The van der Waals surface area contributed by atoms with Crippen LogP contribution in [-0.4, -0.2) is 15.7 Å². The van der Waals surface area contributed by atoms with Gasteiger partial charge in [0.05, 0.1) is 9.77 Å². The lowest BCUT2D eigenvalue weighted by Gasteiger charge is -2.06. The van der Waals surface area contributed by atoms with Crippen molar-refractivity contribution >= 4 is 57.4 Å². The molecule has 18 heavy (non-hydrogen) atoms. The third-order valence-electron chi connectivity index (χ3n) is 2.05. The van der Waals surface area contributed by atoms with Gasteiger partial charge >= 0.3 is 0 Å². The maximum absolute atomic E-state index is 11.8. The summed E-state index contributed by atoms with van der Waals surface area (Å²) in [5, 5.41) is 7.70. The minimum absolute atomic E-state index is 0.146. The average Bonchev–Trinajstić information content (AvgIpc) is 2.61. The van der Waals surface area contributed by atoms with Crippen LogP contribution in [0.4, 0.5) is 5.69 Å². The summed E-state index contributed by atoms with van der Waals surface area (Å²) in [5.41, 5.74) is 0.569. The minimum Gasteiger partial charge on any atom is -0.324 e. The van der Waals surface area contributed by atoms with Gasteiger partial charge in [-0.1, -0.05) is 23.2 Å². The summed E-state index contributed by atoms with van der Waals surface area (Å²) in [4.78, 5) is 11.8. The normalized spacial score (nSPS) is 10.4. The zero-order valence-electron chi connectivity index (χ0n) is 9.03. The summed E-state index contributed by atoms with van der Waals surface area (Å²) >= 11 is 13.8. The summed E-state index contributed by atoms with van der Waals surface area (Å²) in [7, 11) is 0. The number of hydrogen-bond donors (Lipinski definition) is 1. The SMILES string of the molecule is O=C(Cn1cc(I)cn1)Nc1cc(Cl)cc(Cl)c1. The maximum atomic E-state index is 11.8. The topological polar surface area (TPSA) is 46.9 Å². The van der Waals surface area contributed by atoms with Gasteiger partial charge in [0, 0.05) is 21.9 Å². The largest absolute Gasteiger partial charge is 0.324 e. The third-order valence-corrected chi connectivity index (χ3v) is 3.05. The second-order valence-corrected chi connectivity index (χ2v) is 5.68. The first-order valence-electron chi connectivity index (χ1n) is 4.97. The highest BCUT2D eigenvalue weighted by atomic mass is 127. The lowest BCUT2D eigenvalue weighted by Crippen LogP contribution is -2.18. The number of nitrogens with zero attached hydrogens (tertiary/aromatic N) is 2. The van der Waals surface area contributed by atoms with Crippen molar-refractivity contribution in [1.29, 1.82) is 0 Å². The van der Waals surface area contributed by atoms with Crippen molar-refractivity contribution in [1.82, 2.24) is 9.78 Å². The van der Waals surface area contributed by atoms with Crippen molar-refractivity contribution < 1.29 is 4.79 Å². The molecule has 0 unspecified atom stereocenters. The number of halogens is 3. The number of benzene rings is 1. The molecular formula is C11H8Cl2IN3O. The highest BCUT2D eigenvalue weighted by Crippen LogP contribution is 2.22. The Labute approximate surface area is 127 Å². The molecule has 0 aliphatic carbocycles. The van der Waals surface area contributed by atoms with E-state index in [9.17, 15) is 4.79 Å². The molecule has 0 aliphatic heterocycles. The molecule has 0 saturated carbocycles. The Morgan fingerprint density at radius 2 is 2.00 bits per heavy atom. The van der Waals surface area contributed by atoms with E-state index in [1.165, 1.54) is 0 Å². The molecule has 7 heteroatoms. The van der Waals surface area contributed by atoms with Crippen LogP contribution in [0.3, 0.4) is 0 Å². The molecule has 0 atom stereocenters. The zero-order chi connectivity index (χ0) is 13.1. The van der Waals surface area contributed by atoms with Gasteiger partial charge in [-0.3, -0.25) is 9.48 Å². The van der Waals surface area contributed by atoms with Crippen LogP contribution < -0.4 is 5.32 Å². The van der Waals surface area contributed by atoms with E-state index in [0.717, 1.165) is 3.57 Å². The van der Waals surface area contributed by atoms with Crippen LogP contribution in [0.1, 0.15) is 0 Å². The Hall–Kier alpha value is -0.790. The molecular weight excluding hydrogens is 388 g/mol. The molecule has 0 aliphatic rings. The van der Waals surface area contributed by atoms with Crippen LogP contribution in [-0.2, 0) is 11.3 Å². The fourth-order valence-electron chi connectivity index (χ4n) is 1.40. The first kappa shape index (κ1) is 13.6. The summed E-state index contributed by atoms with van der Waals surface area (Å²) < 4.78 is 2.54. The lowest BCUT2D eigenvalue weighted by molar-refractivity contribution is -0.116. The monoisotopic (exact) mass is 395 g/mol. The second-order valence-electron chi connectivity index (χ2n) is 3.56. The van der Waals surface area contributed by atoms with Gasteiger partial charge < -0.3 is 5.32 Å². The molecule has 0 fully saturated rings. The van der Waals surface area contributed by atoms with Crippen molar-refractivity contribution in [3.63, 3.8) is 0 Å². The molecule has 1 aromatic carbocycles. The summed E-state index contributed by atoms with van der Waals surface area (Å²) in [5.74, 6) is -0.187. The van der Waals surface area contributed by atoms with E-state index in [-0.39, 0.29) is 12.5 Å². The summed E-state index contributed by atoms with van der Waals surface area (Å²) in [6.45, 7) is 0.146. The molecule has 2 aromatic rings. The number of carbonyl (C=O) groups excluding carboxylic acids is 1. The molecule has 0 bridgehead atoms. The van der Waals surface area contributed by atoms with Crippen LogP contribution in [0.5, 0.6) is 0 Å². The van der Waals surface area contributed by atoms with Gasteiger partial charge in [0.1, 0.15) is 6.54 Å². The van der Waals surface area contributed by atoms with Gasteiger partial charge in [-0.2, -0.15) is 5.10 Å². The Kier molecular flexibility index (Phi) is 4.47. The Balaban J connectivity index is 2.02. The van der Waals surface area contributed by atoms with Gasteiger partial charge in [0.2, 0.25) is 5.91 Å². The zero-order valence-corrected chi connectivity index (χ0v) is 12.7. The van der Waals surface area contributed by atoms with E-state index >= 15 is 0 Å². The predicted molar refractivity (Wildman–Crippen MR) is 80.0 cm³/mol. The lowest BCUT2D eigenvalue weighted by atomic mass is 10.3. The second kappa shape index (κ2) is 5.90. The third kappa shape index (κ3) is 3.86. The van der Waals surface area contributed by atoms with Crippen LogP contribution in [0.2, 0.25) is 10.0 Å². The summed E-state index contributed by atoms with van der Waals surface area (Å²) in [6, 6.07) is 4.88. The van der Waals surface area contributed by atoms with Crippen LogP contribution >= 0.6 is 45.8 Å². The number of aromatic nitrogens is 2. The predicted octanol–water partition coefficient (Wildman–Crippen LogP) is 3.43. The maximum Gasteiger partial charge on any atom is 0.246 e. The fraction of sp³-hybridized carbons (Fsp3) is 0.0909. The number of nitrogens with one attached hydrogen (secondary N) is 1. The van der Waals surface area contributed by atoms with E-state index in [2.05, 4.69) is 33.0 Å². The van der Waals surface area contributed by atoms with Crippen molar-refractivity contribution in [3.05, 3.63) is 44.2 Å². The molecule has 1 amide bonds. The van der Waals surface area contributed by atoms with E-state index in [1.807, 2.05) is 0 Å².